The second-order valence-electron chi connectivity index (χ2n) is 6.72. The Kier molecular flexibility index (Phi) is 5.36. The van der Waals surface area contributed by atoms with E-state index in [9.17, 15) is 0 Å². The van der Waals surface area contributed by atoms with Gasteiger partial charge in [0, 0.05) is 38.6 Å². The number of rotatable bonds is 6. The van der Waals surface area contributed by atoms with Crippen molar-refractivity contribution in [2.75, 3.05) is 26.7 Å². The van der Waals surface area contributed by atoms with E-state index in [1.54, 1.807) is 0 Å². The fourth-order valence-corrected chi connectivity index (χ4v) is 3.33. The second kappa shape index (κ2) is 7.66. The Balaban J connectivity index is 1.45. The normalized spacial score (nSPS) is 18.7. The Morgan fingerprint density at radius 3 is 2.74 bits per heavy atom. The molecule has 1 aromatic carbocycles. The monoisotopic (exact) mass is 310 g/mol. The van der Waals surface area contributed by atoms with E-state index >= 15 is 0 Å². The molecule has 2 heterocycles. The first-order valence-electron chi connectivity index (χ1n) is 8.41. The van der Waals surface area contributed by atoms with E-state index in [-0.39, 0.29) is 0 Å². The van der Waals surface area contributed by atoms with Crippen molar-refractivity contribution in [1.29, 1.82) is 0 Å². The number of aromatic nitrogens is 2. The van der Waals surface area contributed by atoms with Gasteiger partial charge in [-0.25, -0.2) is 0 Å². The fraction of sp³-hybridized carbons (Fsp3) is 0.474. The third-order valence-electron chi connectivity index (χ3n) is 4.46. The predicted octanol–water partition coefficient (Wildman–Crippen LogP) is 2.74. The van der Waals surface area contributed by atoms with Crippen LogP contribution >= 0.6 is 0 Å². The highest BCUT2D eigenvalue weighted by molar-refractivity contribution is 5.14. The summed E-state index contributed by atoms with van der Waals surface area (Å²) < 4.78 is 0. The van der Waals surface area contributed by atoms with Crippen LogP contribution < -0.4 is 0 Å². The molecule has 4 nitrogen and oxygen atoms in total. The molecule has 1 aromatic heterocycles. The molecule has 1 aliphatic rings. The highest BCUT2D eigenvalue weighted by Crippen LogP contribution is 2.19. The molecule has 23 heavy (non-hydrogen) atoms. The lowest BCUT2D eigenvalue weighted by atomic mass is 10.1. The third-order valence-corrected chi connectivity index (χ3v) is 4.46. The average Bonchev–Trinajstić information content (AvgIpc) is 2.97. The molecular weight excluding hydrogens is 284 g/mol. The summed E-state index contributed by atoms with van der Waals surface area (Å²) in [7, 11) is 2.18. The van der Waals surface area contributed by atoms with Gasteiger partial charge in [-0.2, -0.15) is 0 Å². The smallest absolute Gasteiger partial charge is 0.0726 e. The van der Waals surface area contributed by atoms with Gasteiger partial charge in [0.1, 0.15) is 0 Å². The van der Waals surface area contributed by atoms with Crippen molar-refractivity contribution < 1.29 is 0 Å². The van der Waals surface area contributed by atoms with Gasteiger partial charge in [0.15, 0.2) is 0 Å². The maximum absolute atomic E-state index is 4.45. The lowest BCUT2D eigenvalue weighted by molar-refractivity contribution is 0.252. The van der Waals surface area contributed by atoms with Crippen molar-refractivity contribution in [3.8, 4) is 0 Å². The molecule has 0 bridgehead atoms. The molecule has 0 spiro atoms. The maximum atomic E-state index is 4.45. The standard InChI is InChI=1S/C19H26N4/c1-16-10-21-19(11-20-16)15-22(2)12-18-8-9-23(14-18)13-17-6-4-3-5-7-17/h3-7,10-11,18H,8-9,12-15H2,1-2H3/t18-/m1/s1. The summed E-state index contributed by atoms with van der Waals surface area (Å²) >= 11 is 0. The SMILES string of the molecule is Cc1cnc(CN(C)C[C@H]2CCN(Cc3ccccc3)C2)cn1. The van der Waals surface area contributed by atoms with Crippen LogP contribution in [0.2, 0.25) is 0 Å². The van der Waals surface area contributed by atoms with Crippen LogP contribution in [-0.2, 0) is 13.1 Å². The summed E-state index contributed by atoms with van der Waals surface area (Å²) in [6, 6.07) is 10.8. The molecule has 2 aromatic rings. The van der Waals surface area contributed by atoms with E-state index in [0.29, 0.717) is 0 Å². The van der Waals surface area contributed by atoms with Gasteiger partial charge in [0.05, 0.1) is 11.4 Å². The molecule has 1 atom stereocenters. The Hall–Kier alpha value is -1.78. The van der Waals surface area contributed by atoms with E-state index in [0.717, 1.165) is 36.9 Å². The number of likely N-dealkylation sites (tertiary alicyclic amines) is 1. The molecule has 4 heteroatoms. The van der Waals surface area contributed by atoms with Crippen LogP contribution in [0.15, 0.2) is 42.7 Å². The summed E-state index contributed by atoms with van der Waals surface area (Å²) in [5.41, 5.74) is 3.44. The molecule has 3 rings (SSSR count). The van der Waals surface area contributed by atoms with Gasteiger partial charge in [0.2, 0.25) is 0 Å². The van der Waals surface area contributed by atoms with Crippen LogP contribution in [0.4, 0.5) is 0 Å². The van der Waals surface area contributed by atoms with Gasteiger partial charge >= 0.3 is 0 Å². The number of nitrogens with zero attached hydrogens (tertiary/aromatic N) is 4. The van der Waals surface area contributed by atoms with Crippen molar-refractivity contribution in [3.63, 3.8) is 0 Å². The zero-order chi connectivity index (χ0) is 16.1. The van der Waals surface area contributed by atoms with E-state index in [1.807, 2.05) is 19.3 Å². The summed E-state index contributed by atoms with van der Waals surface area (Å²) in [5, 5.41) is 0. The minimum Gasteiger partial charge on any atom is -0.300 e. The van der Waals surface area contributed by atoms with E-state index in [2.05, 4.69) is 57.1 Å². The molecular formula is C19H26N4. The number of hydrogen-bond donors (Lipinski definition) is 0. The number of aryl methyl sites for hydroxylation is 1. The highest BCUT2D eigenvalue weighted by Gasteiger charge is 2.23. The van der Waals surface area contributed by atoms with E-state index in [4.69, 9.17) is 0 Å². The van der Waals surface area contributed by atoms with Crippen molar-refractivity contribution in [1.82, 2.24) is 19.8 Å². The molecule has 0 aliphatic carbocycles. The Morgan fingerprint density at radius 2 is 2.00 bits per heavy atom. The summed E-state index contributed by atoms with van der Waals surface area (Å²) in [6.07, 6.45) is 5.03. The molecule has 0 amide bonds. The molecule has 1 aliphatic heterocycles. The van der Waals surface area contributed by atoms with E-state index < -0.39 is 0 Å². The quantitative estimate of drug-likeness (QED) is 0.821. The van der Waals surface area contributed by atoms with Gasteiger partial charge in [0.25, 0.3) is 0 Å². The maximum Gasteiger partial charge on any atom is 0.0726 e. The van der Waals surface area contributed by atoms with Gasteiger partial charge in [-0.15, -0.1) is 0 Å². The first-order valence-corrected chi connectivity index (χ1v) is 8.41. The highest BCUT2D eigenvalue weighted by atomic mass is 15.2. The molecule has 1 saturated heterocycles. The van der Waals surface area contributed by atoms with Crippen molar-refractivity contribution in [2.24, 2.45) is 5.92 Å². The first-order chi connectivity index (χ1) is 11.2. The minimum atomic E-state index is 0.752. The van der Waals surface area contributed by atoms with Gasteiger partial charge in [-0.3, -0.25) is 14.9 Å². The lowest BCUT2D eigenvalue weighted by Gasteiger charge is -2.21. The van der Waals surface area contributed by atoms with Crippen molar-refractivity contribution in [2.45, 2.75) is 26.4 Å². The summed E-state index contributed by atoms with van der Waals surface area (Å²) in [4.78, 5) is 13.7. The zero-order valence-corrected chi connectivity index (χ0v) is 14.2. The predicted molar refractivity (Wildman–Crippen MR) is 92.9 cm³/mol. The lowest BCUT2D eigenvalue weighted by Crippen LogP contribution is -2.28. The Bertz CT molecular complexity index is 597. The number of hydrogen-bond acceptors (Lipinski definition) is 4. The van der Waals surface area contributed by atoms with Crippen LogP contribution in [0.25, 0.3) is 0 Å². The van der Waals surface area contributed by atoms with Gasteiger partial charge in [-0.1, -0.05) is 30.3 Å². The van der Waals surface area contributed by atoms with Crippen molar-refractivity contribution in [3.05, 3.63) is 59.7 Å². The zero-order valence-electron chi connectivity index (χ0n) is 14.2. The Labute approximate surface area is 139 Å². The van der Waals surface area contributed by atoms with E-state index in [1.165, 1.54) is 25.1 Å². The summed E-state index contributed by atoms with van der Waals surface area (Å²) in [5.74, 6) is 0.752. The molecule has 0 unspecified atom stereocenters. The van der Waals surface area contributed by atoms with Gasteiger partial charge in [-0.05, 0) is 38.4 Å². The van der Waals surface area contributed by atoms with Crippen LogP contribution in [0.1, 0.15) is 23.4 Å². The van der Waals surface area contributed by atoms with Crippen molar-refractivity contribution >= 4 is 0 Å². The summed E-state index contributed by atoms with van der Waals surface area (Å²) in [6.45, 7) is 7.45. The number of benzene rings is 1. The average molecular weight is 310 g/mol. The van der Waals surface area contributed by atoms with Crippen LogP contribution in [0.3, 0.4) is 0 Å². The molecule has 0 saturated carbocycles. The minimum absolute atomic E-state index is 0.752. The molecule has 0 N–H and O–H groups in total. The molecule has 122 valence electrons. The van der Waals surface area contributed by atoms with Crippen LogP contribution in [0.5, 0.6) is 0 Å². The molecule has 1 fully saturated rings. The fourth-order valence-electron chi connectivity index (χ4n) is 3.33. The first kappa shape index (κ1) is 16.1. The van der Waals surface area contributed by atoms with Gasteiger partial charge < -0.3 is 4.90 Å². The topological polar surface area (TPSA) is 32.3 Å². The third kappa shape index (κ3) is 4.85. The van der Waals surface area contributed by atoms with Crippen LogP contribution in [0, 0.1) is 12.8 Å². The van der Waals surface area contributed by atoms with Crippen LogP contribution in [-0.4, -0.2) is 46.4 Å². The molecule has 0 radical (unpaired) electrons. The largest absolute Gasteiger partial charge is 0.300 e. The second-order valence-corrected chi connectivity index (χ2v) is 6.72. The Morgan fingerprint density at radius 1 is 1.17 bits per heavy atom.